The van der Waals surface area contributed by atoms with Gasteiger partial charge in [0.2, 0.25) is 0 Å². The molecular weight excluding hydrogens is 536 g/mol. The van der Waals surface area contributed by atoms with Gasteiger partial charge in [-0.05, 0) is 54.8 Å². The number of non-ortho nitro benzene ring substituents is 1. The maximum Gasteiger partial charge on any atom is 0.365 e. The zero-order valence-electron chi connectivity index (χ0n) is 24.7. The van der Waals surface area contributed by atoms with E-state index in [-0.39, 0.29) is 23.3 Å². The topological polar surface area (TPSA) is 105 Å². The van der Waals surface area contributed by atoms with Gasteiger partial charge in [0.25, 0.3) is 5.69 Å². The van der Waals surface area contributed by atoms with Crippen molar-refractivity contribution in [3.8, 4) is 11.5 Å². The van der Waals surface area contributed by atoms with E-state index in [0.717, 1.165) is 44.1 Å². The van der Waals surface area contributed by atoms with Crippen molar-refractivity contribution < 1.29 is 33.2 Å². The van der Waals surface area contributed by atoms with Gasteiger partial charge < -0.3 is 18.7 Å². The van der Waals surface area contributed by atoms with Crippen LogP contribution in [0.4, 0.5) is 5.69 Å². The molecule has 224 valence electrons. The van der Waals surface area contributed by atoms with Crippen LogP contribution in [0.25, 0.3) is 0 Å². The van der Waals surface area contributed by atoms with Crippen molar-refractivity contribution >= 4 is 17.6 Å². The Kier molecular flexibility index (Phi) is 12.5. The van der Waals surface area contributed by atoms with Crippen molar-refractivity contribution in [1.82, 2.24) is 0 Å². The first-order valence-electron chi connectivity index (χ1n) is 14.3. The number of quaternary nitrogens is 1. The Hall–Kier alpha value is -4.24. The number of hydrogen-bond acceptors (Lipinski definition) is 7. The van der Waals surface area contributed by atoms with E-state index in [1.807, 2.05) is 51.5 Å². The molecule has 0 heterocycles. The average molecular weight is 578 g/mol. The number of esters is 2. The van der Waals surface area contributed by atoms with E-state index in [1.165, 1.54) is 24.3 Å². The molecule has 0 saturated carbocycles. The summed E-state index contributed by atoms with van der Waals surface area (Å²) in [5.74, 6) is 0.319. The summed E-state index contributed by atoms with van der Waals surface area (Å²) in [5, 5.41) is 10.7. The smallest absolute Gasteiger partial charge is 0.365 e. The van der Waals surface area contributed by atoms with Crippen LogP contribution < -0.4 is 9.47 Å². The summed E-state index contributed by atoms with van der Waals surface area (Å²) in [7, 11) is 6.07. The molecule has 0 aliphatic rings. The number of carbonyl (C=O) groups is 2. The summed E-state index contributed by atoms with van der Waals surface area (Å²) < 4.78 is 17.3. The minimum atomic E-state index is -0.590. The van der Waals surface area contributed by atoms with Crippen LogP contribution >= 0.6 is 0 Å². The average Bonchev–Trinajstić information content (AvgIpc) is 2.97. The van der Waals surface area contributed by atoms with Gasteiger partial charge in [0, 0.05) is 18.6 Å². The highest BCUT2D eigenvalue weighted by Gasteiger charge is 2.33. The van der Waals surface area contributed by atoms with Crippen molar-refractivity contribution in [2.24, 2.45) is 0 Å². The molecule has 0 fully saturated rings. The number of benzene rings is 3. The molecule has 0 radical (unpaired) electrons. The van der Waals surface area contributed by atoms with E-state index in [2.05, 4.69) is 0 Å². The number of nitrogens with zero attached hydrogens (tertiary/aromatic N) is 2. The molecule has 0 bridgehead atoms. The lowest BCUT2D eigenvalue weighted by Crippen LogP contribution is -2.51. The first-order valence-corrected chi connectivity index (χ1v) is 14.3. The monoisotopic (exact) mass is 577 g/mol. The maximum absolute atomic E-state index is 12.8. The quantitative estimate of drug-likeness (QED) is 0.0457. The first kappa shape index (κ1) is 32.3. The predicted octanol–water partition coefficient (Wildman–Crippen LogP) is 6.39. The molecule has 0 saturated heterocycles. The SMILES string of the molecule is C[N+](C)(C)C(Cc1ccccc1)C(=O)OCCCCCCCCOc1ccc(OC(=O)c2ccc([N+](=O)[O-])cc2)cc1. The lowest BCUT2D eigenvalue weighted by atomic mass is 10.0. The van der Waals surface area contributed by atoms with E-state index in [1.54, 1.807) is 24.3 Å². The highest BCUT2D eigenvalue weighted by molar-refractivity contribution is 5.91. The summed E-state index contributed by atoms with van der Waals surface area (Å²) >= 11 is 0. The Labute approximate surface area is 247 Å². The third kappa shape index (κ3) is 11.0. The Bertz CT molecular complexity index is 1270. The largest absolute Gasteiger partial charge is 0.494 e. The summed E-state index contributed by atoms with van der Waals surface area (Å²) in [5.41, 5.74) is 1.28. The van der Waals surface area contributed by atoms with E-state index in [0.29, 0.717) is 35.6 Å². The van der Waals surface area contributed by atoms with Crippen LogP contribution in [-0.2, 0) is 16.0 Å². The van der Waals surface area contributed by atoms with Crippen molar-refractivity contribution in [3.05, 3.63) is 100 Å². The third-order valence-corrected chi connectivity index (χ3v) is 6.88. The number of rotatable bonds is 17. The van der Waals surface area contributed by atoms with Gasteiger partial charge in [-0.25, -0.2) is 9.59 Å². The zero-order valence-corrected chi connectivity index (χ0v) is 24.7. The number of likely N-dealkylation sites (N-methyl/N-ethyl adjacent to an activating group) is 1. The van der Waals surface area contributed by atoms with Crippen molar-refractivity contribution in [2.75, 3.05) is 34.4 Å². The van der Waals surface area contributed by atoms with Crippen LogP contribution in [0.3, 0.4) is 0 Å². The molecule has 0 N–H and O–H groups in total. The Morgan fingerprint density at radius 1 is 0.762 bits per heavy atom. The standard InChI is InChI=1S/C33H41N2O7/c1-35(2,3)31(25-26-13-9-8-10-14-26)33(37)41-24-12-7-5-4-6-11-23-40-29-19-21-30(22-20-29)42-32(36)27-15-17-28(18-16-27)34(38)39/h8-10,13-22,31H,4-7,11-12,23-25H2,1-3H3/q+1. The maximum atomic E-state index is 12.8. The molecular formula is C33H41N2O7+. The Balaban J connectivity index is 1.24. The van der Waals surface area contributed by atoms with Gasteiger partial charge in [-0.3, -0.25) is 10.1 Å². The fourth-order valence-corrected chi connectivity index (χ4v) is 4.37. The van der Waals surface area contributed by atoms with Gasteiger partial charge in [-0.1, -0.05) is 56.0 Å². The number of carbonyl (C=O) groups excluding carboxylic acids is 2. The van der Waals surface area contributed by atoms with Crippen LogP contribution in [0.1, 0.15) is 54.4 Å². The van der Waals surface area contributed by atoms with Gasteiger partial charge in [0.1, 0.15) is 11.5 Å². The Morgan fingerprint density at radius 2 is 1.33 bits per heavy atom. The van der Waals surface area contributed by atoms with Crippen molar-refractivity contribution in [3.63, 3.8) is 0 Å². The molecule has 9 nitrogen and oxygen atoms in total. The normalized spacial score (nSPS) is 11.9. The highest BCUT2D eigenvalue weighted by atomic mass is 16.6. The fraction of sp³-hybridized carbons (Fsp3) is 0.394. The van der Waals surface area contributed by atoms with Crippen LogP contribution in [0.5, 0.6) is 11.5 Å². The summed E-state index contributed by atoms with van der Waals surface area (Å²) in [6, 6.07) is 21.8. The second-order valence-corrected chi connectivity index (χ2v) is 11.1. The number of ether oxygens (including phenoxy) is 3. The number of hydrogen-bond donors (Lipinski definition) is 0. The molecule has 0 aromatic heterocycles. The summed E-state index contributed by atoms with van der Waals surface area (Å²) in [4.78, 5) is 35.2. The lowest BCUT2D eigenvalue weighted by molar-refractivity contribution is -0.887. The second kappa shape index (κ2) is 16.3. The van der Waals surface area contributed by atoms with Gasteiger partial charge in [0.05, 0.1) is 44.8 Å². The molecule has 9 heteroatoms. The van der Waals surface area contributed by atoms with E-state index in [9.17, 15) is 19.7 Å². The number of nitro groups is 1. The highest BCUT2D eigenvalue weighted by Crippen LogP contribution is 2.20. The van der Waals surface area contributed by atoms with Gasteiger partial charge in [0.15, 0.2) is 6.04 Å². The molecule has 3 aromatic carbocycles. The van der Waals surface area contributed by atoms with Crippen LogP contribution in [-0.4, -0.2) is 61.7 Å². The van der Waals surface area contributed by atoms with E-state index in [4.69, 9.17) is 14.2 Å². The number of unbranched alkanes of at least 4 members (excludes halogenated alkanes) is 5. The van der Waals surface area contributed by atoms with E-state index >= 15 is 0 Å². The fourth-order valence-electron chi connectivity index (χ4n) is 4.37. The van der Waals surface area contributed by atoms with Crippen molar-refractivity contribution in [2.45, 2.75) is 51.0 Å². The van der Waals surface area contributed by atoms with Crippen LogP contribution in [0.15, 0.2) is 78.9 Å². The second-order valence-electron chi connectivity index (χ2n) is 11.1. The predicted molar refractivity (Wildman–Crippen MR) is 161 cm³/mol. The van der Waals surface area contributed by atoms with E-state index < -0.39 is 10.9 Å². The van der Waals surface area contributed by atoms with Gasteiger partial charge in [-0.2, -0.15) is 0 Å². The van der Waals surface area contributed by atoms with Crippen LogP contribution in [0, 0.1) is 10.1 Å². The summed E-state index contributed by atoms with van der Waals surface area (Å²) in [6.07, 6.45) is 6.68. The minimum Gasteiger partial charge on any atom is -0.494 e. The zero-order chi connectivity index (χ0) is 30.4. The molecule has 3 aromatic rings. The van der Waals surface area contributed by atoms with Crippen molar-refractivity contribution in [1.29, 1.82) is 0 Å². The summed E-state index contributed by atoms with van der Waals surface area (Å²) in [6.45, 7) is 1.04. The third-order valence-electron chi connectivity index (χ3n) is 6.88. The van der Waals surface area contributed by atoms with Gasteiger partial charge in [-0.15, -0.1) is 0 Å². The molecule has 0 spiro atoms. The molecule has 1 atom stereocenters. The minimum absolute atomic E-state index is 0.0881. The van der Waals surface area contributed by atoms with Crippen LogP contribution in [0.2, 0.25) is 0 Å². The number of nitro benzene ring substituents is 1. The molecule has 0 aliphatic heterocycles. The van der Waals surface area contributed by atoms with Gasteiger partial charge >= 0.3 is 11.9 Å². The Morgan fingerprint density at radius 3 is 1.93 bits per heavy atom. The molecule has 42 heavy (non-hydrogen) atoms. The molecule has 0 amide bonds. The molecule has 0 aliphatic carbocycles. The lowest BCUT2D eigenvalue weighted by Gasteiger charge is -2.32. The molecule has 1 unspecified atom stereocenters. The molecule has 3 rings (SSSR count). The first-order chi connectivity index (χ1) is 20.1.